The Morgan fingerprint density at radius 1 is 0.889 bits per heavy atom. The van der Waals surface area contributed by atoms with Gasteiger partial charge in [0.2, 0.25) is 5.95 Å². The lowest BCUT2D eigenvalue weighted by Gasteiger charge is -2.38. The van der Waals surface area contributed by atoms with Crippen LogP contribution in [0.1, 0.15) is 24.1 Å². The topological polar surface area (TPSA) is 62.0 Å². The quantitative estimate of drug-likeness (QED) is 0.428. The minimum atomic E-state index is 0.397. The zero-order valence-electron chi connectivity index (χ0n) is 21.0. The standard InChI is InChI=1S/C28H33N7O/c1-21-18-26-29-8-9-35(26)20-24(21)25-19-27(33-14-16-36-17-15-33)31-28(30-25)34-12-10-32(11-13-34)22(2)23-6-4-3-5-7-23/h3-9,18-20,22H,10-17H2,1-2H3. The molecule has 8 heteroatoms. The van der Waals surface area contributed by atoms with Gasteiger partial charge in [-0.3, -0.25) is 4.90 Å². The lowest BCUT2D eigenvalue weighted by atomic mass is 10.1. The molecule has 0 radical (unpaired) electrons. The van der Waals surface area contributed by atoms with Crippen LogP contribution in [0.3, 0.4) is 0 Å². The van der Waals surface area contributed by atoms with Crippen molar-refractivity contribution in [3.8, 4) is 11.3 Å². The van der Waals surface area contributed by atoms with E-state index < -0.39 is 0 Å². The zero-order valence-corrected chi connectivity index (χ0v) is 21.0. The summed E-state index contributed by atoms with van der Waals surface area (Å²) in [6, 6.07) is 15.4. The normalized spacial score (nSPS) is 18.1. The van der Waals surface area contributed by atoms with E-state index in [4.69, 9.17) is 14.7 Å². The van der Waals surface area contributed by atoms with Crippen molar-refractivity contribution in [2.75, 3.05) is 62.3 Å². The molecule has 5 heterocycles. The van der Waals surface area contributed by atoms with Crippen molar-refractivity contribution >= 4 is 17.4 Å². The molecule has 1 atom stereocenters. The summed E-state index contributed by atoms with van der Waals surface area (Å²) < 4.78 is 7.66. The highest BCUT2D eigenvalue weighted by molar-refractivity contribution is 5.69. The molecule has 36 heavy (non-hydrogen) atoms. The predicted octanol–water partition coefficient (Wildman–Crippen LogP) is 3.82. The minimum Gasteiger partial charge on any atom is -0.378 e. The number of pyridine rings is 1. The molecule has 0 aliphatic carbocycles. The maximum absolute atomic E-state index is 5.60. The van der Waals surface area contributed by atoms with Gasteiger partial charge in [0.15, 0.2) is 0 Å². The smallest absolute Gasteiger partial charge is 0.227 e. The van der Waals surface area contributed by atoms with Crippen molar-refractivity contribution < 1.29 is 4.74 Å². The average molecular weight is 484 g/mol. The highest BCUT2D eigenvalue weighted by Gasteiger charge is 2.25. The van der Waals surface area contributed by atoms with E-state index in [9.17, 15) is 0 Å². The second-order valence-electron chi connectivity index (χ2n) is 9.68. The summed E-state index contributed by atoms with van der Waals surface area (Å²) in [7, 11) is 0. The van der Waals surface area contributed by atoms with Crippen molar-refractivity contribution in [3.63, 3.8) is 0 Å². The monoisotopic (exact) mass is 483 g/mol. The third kappa shape index (κ3) is 4.54. The second kappa shape index (κ2) is 9.87. The van der Waals surface area contributed by atoms with Crippen LogP contribution in [0.5, 0.6) is 0 Å². The van der Waals surface area contributed by atoms with Crippen LogP contribution in [0.4, 0.5) is 11.8 Å². The summed E-state index contributed by atoms with van der Waals surface area (Å²) in [5, 5.41) is 0. The summed E-state index contributed by atoms with van der Waals surface area (Å²) in [6.45, 7) is 11.3. The average Bonchev–Trinajstić information content (AvgIpc) is 3.40. The van der Waals surface area contributed by atoms with E-state index in [2.05, 4.69) is 86.6 Å². The first kappa shape index (κ1) is 22.9. The van der Waals surface area contributed by atoms with Gasteiger partial charge in [-0.15, -0.1) is 0 Å². The molecule has 2 saturated heterocycles. The summed E-state index contributed by atoms with van der Waals surface area (Å²) in [5.74, 6) is 1.79. The number of rotatable bonds is 5. The first-order valence-corrected chi connectivity index (χ1v) is 12.8. The number of fused-ring (bicyclic) bond motifs is 1. The Bertz CT molecular complexity index is 1320. The maximum atomic E-state index is 5.60. The van der Waals surface area contributed by atoms with Crippen LogP contribution < -0.4 is 9.80 Å². The van der Waals surface area contributed by atoms with E-state index in [0.717, 1.165) is 86.7 Å². The fourth-order valence-electron chi connectivity index (χ4n) is 5.23. The summed E-state index contributed by atoms with van der Waals surface area (Å²) >= 11 is 0. The Hall–Kier alpha value is -3.49. The molecule has 2 aliphatic rings. The van der Waals surface area contributed by atoms with Crippen molar-refractivity contribution in [3.05, 3.63) is 72.2 Å². The molecule has 2 fully saturated rings. The van der Waals surface area contributed by atoms with Gasteiger partial charge in [-0.05, 0) is 31.0 Å². The SMILES string of the molecule is Cc1cc2nccn2cc1-c1cc(N2CCOCC2)nc(N2CCN(C(C)c3ccccc3)CC2)n1. The molecule has 0 saturated carbocycles. The van der Waals surface area contributed by atoms with Crippen LogP contribution in [0.2, 0.25) is 0 Å². The molecule has 6 rings (SSSR count). The van der Waals surface area contributed by atoms with Crippen LogP contribution in [0.15, 0.2) is 61.1 Å². The predicted molar refractivity (Wildman–Crippen MR) is 143 cm³/mol. The van der Waals surface area contributed by atoms with E-state index in [1.807, 2.05) is 12.4 Å². The number of hydrogen-bond donors (Lipinski definition) is 0. The van der Waals surface area contributed by atoms with E-state index in [1.165, 1.54) is 5.56 Å². The molecule has 0 amide bonds. The lowest BCUT2D eigenvalue weighted by molar-refractivity contribution is 0.122. The van der Waals surface area contributed by atoms with E-state index in [-0.39, 0.29) is 0 Å². The van der Waals surface area contributed by atoms with E-state index in [1.54, 1.807) is 0 Å². The fraction of sp³-hybridized carbons (Fsp3) is 0.393. The molecule has 8 nitrogen and oxygen atoms in total. The number of imidazole rings is 1. The van der Waals surface area contributed by atoms with Gasteiger partial charge < -0.3 is 18.9 Å². The summed E-state index contributed by atoms with van der Waals surface area (Å²) in [6.07, 6.45) is 5.95. The van der Waals surface area contributed by atoms with Crippen molar-refractivity contribution in [2.45, 2.75) is 19.9 Å². The van der Waals surface area contributed by atoms with Crippen molar-refractivity contribution in [1.82, 2.24) is 24.3 Å². The van der Waals surface area contributed by atoms with Gasteiger partial charge in [-0.25, -0.2) is 9.97 Å². The first-order valence-electron chi connectivity index (χ1n) is 12.8. The Morgan fingerprint density at radius 3 is 2.44 bits per heavy atom. The molecule has 186 valence electrons. The fourth-order valence-corrected chi connectivity index (χ4v) is 5.23. The van der Waals surface area contributed by atoms with Gasteiger partial charge in [-0.1, -0.05) is 30.3 Å². The Kier molecular flexibility index (Phi) is 6.29. The minimum absolute atomic E-state index is 0.397. The first-order chi connectivity index (χ1) is 17.7. The van der Waals surface area contributed by atoms with Gasteiger partial charge in [0.05, 0.1) is 18.9 Å². The van der Waals surface area contributed by atoms with Gasteiger partial charge in [-0.2, -0.15) is 4.98 Å². The van der Waals surface area contributed by atoms with Gasteiger partial charge in [0.25, 0.3) is 0 Å². The highest BCUT2D eigenvalue weighted by atomic mass is 16.5. The molecule has 3 aromatic heterocycles. The molecule has 0 N–H and O–H groups in total. The van der Waals surface area contributed by atoms with E-state index >= 15 is 0 Å². The van der Waals surface area contributed by atoms with Gasteiger partial charge in [0.1, 0.15) is 11.5 Å². The lowest BCUT2D eigenvalue weighted by Crippen LogP contribution is -2.48. The van der Waals surface area contributed by atoms with Crippen LogP contribution in [-0.2, 0) is 4.74 Å². The Labute approximate surface area is 212 Å². The number of aryl methyl sites for hydroxylation is 1. The maximum Gasteiger partial charge on any atom is 0.227 e. The van der Waals surface area contributed by atoms with Crippen molar-refractivity contribution in [2.24, 2.45) is 0 Å². The van der Waals surface area contributed by atoms with Crippen LogP contribution in [0.25, 0.3) is 16.9 Å². The largest absolute Gasteiger partial charge is 0.378 e. The molecular weight excluding hydrogens is 450 g/mol. The number of piperazine rings is 1. The number of anilines is 2. The molecule has 1 aromatic carbocycles. The number of nitrogens with zero attached hydrogens (tertiary/aromatic N) is 7. The van der Waals surface area contributed by atoms with Crippen LogP contribution >= 0.6 is 0 Å². The van der Waals surface area contributed by atoms with Gasteiger partial charge >= 0.3 is 0 Å². The van der Waals surface area contributed by atoms with Crippen LogP contribution in [0, 0.1) is 6.92 Å². The number of morpholine rings is 1. The van der Waals surface area contributed by atoms with Gasteiger partial charge in [0, 0.05) is 75.5 Å². The van der Waals surface area contributed by atoms with E-state index in [0.29, 0.717) is 6.04 Å². The molecule has 1 unspecified atom stereocenters. The summed E-state index contributed by atoms with van der Waals surface area (Å²) in [4.78, 5) is 21.8. The zero-order chi connectivity index (χ0) is 24.5. The highest BCUT2D eigenvalue weighted by Crippen LogP contribution is 2.29. The number of benzene rings is 1. The summed E-state index contributed by atoms with van der Waals surface area (Å²) in [5.41, 5.74) is 5.53. The third-order valence-electron chi connectivity index (χ3n) is 7.48. The third-order valence-corrected chi connectivity index (χ3v) is 7.48. The molecule has 2 aliphatic heterocycles. The Morgan fingerprint density at radius 2 is 1.67 bits per heavy atom. The molecule has 4 aromatic rings. The molecule has 0 spiro atoms. The van der Waals surface area contributed by atoms with Crippen molar-refractivity contribution in [1.29, 1.82) is 0 Å². The number of aromatic nitrogens is 4. The van der Waals surface area contributed by atoms with Crippen LogP contribution in [-0.4, -0.2) is 76.7 Å². The Balaban J connectivity index is 1.30. The number of ether oxygens (including phenoxy) is 1. The number of hydrogen-bond acceptors (Lipinski definition) is 7. The molecular formula is C28H33N7O. The molecule has 0 bridgehead atoms. The second-order valence-corrected chi connectivity index (χ2v) is 9.68.